The van der Waals surface area contributed by atoms with Gasteiger partial charge in [-0.3, -0.25) is 0 Å². The Labute approximate surface area is 122 Å². The topological polar surface area (TPSA) is 24.5 Å². The van der Waals surface area contributed by atoms with Crippen molar-refractivity contribution < 1.29 is 4.74 Å². The second-order valence-corrected chi connectivity index (χ2v) is 6.11. The van der Waals surface area contributed by atoms with Gasteiger partial charge >= 0.3 is 0 Å². The van der Waals surface area contributed by atoms with Crippen LogP contribution >= 0.6 is 0 Å². The van der Waals surface area contributed by atoms with E-state index in [2.05, 4.69) is 42.3 Å². The highest BCUT2D eigenvalue weighted by Crippen LogP contribution is 2.26. The average Bonchev–Trinajstić information content (AvgIpc) is 3.29. The molecule has 1 aliphatic heterocycles. The maximum atomic E-state index is 5.61. The Morgan fingerprint density at radius 2 is 2.20 bits per heavy atom. The van der Waals surface area contributed by atoms with Crippen molar-refractivity contribution in [2.75, 3.05) is 24.7 Å². The number of morpholine rings is 1. The molecule has 1 saturated heterocycles. The van der Waals surface area contributed by atoms with Crippen LogP contribution in [0, 0.1) is 6.92 Å². The number of hydrogen-bond donors (Lipinski definition) is 1. The third-order valence-electron chi connectivity index (χ3n) is 4.44. The molecule has 1 aromatic carbocycles. The standard InChI is InChI=1S/C17H26N2O/c1-3-16-12-20-9-8-19(16)17-7-4-14(10-13(17)2)11-18-15-5-6-15/h4,7,10,15-16,18H,3,5-6,8-9,11-12H2,1-2H3. The van der Waals surface area contributed by atoms with E-state index >= 15 is 0 Å². The van der Waals surface area contributed by atoms with Crippen LogP contribution in [-0.2, 0) is 11.3 Å². The molecule has 0 amide bonds. The van der Waals surface area contributed by atoms with E-state index in [0.717, 1.165) is 38.8 Å². The Morgan fingerprint density at radius 1 is 1.35 bits per heavy atom. The van der Waals surface area contributed by atoms with Crippen molar-refractivity contribution in [3.8, 4) is 0 Å². The third-order valence-corrected chi connectivity index (χ3v) is 4.44. The second-order valence-electron chi connectivity index (χ2n) is 6.11. The van der Waals surface area contributed by atoms with Gasteiger partial charge < -0.3 is 15.0 Å². The molecule has 1 heterocycles. The minimum absolute atomic E-state index is 0.526. The van der Waals surface area contributed by atoms with Crippen molar-refractivity contribution >= 4 is 5.69 Å². The van der Waals surface area contributed by atoms with Crippen molar-refractivity contribution in [1.29, 1.82) is 0 Å². The number of ether oxygens (including phenoxy) is 1. The fraction of sp³-hybridized carbons (Fsp3) is 0.647. The molecule has 3 rings (SSSR count). The van der Waals surface area contributed by atoms with Crippen LogP contribution < -0.4 is 10.2 Å². The molecule has 1 aromatic rings. The molecule has 1 N–H and O–H groups in total. The molecular weight excluding hydrogens is 248 g/mol. The zero-order chi connectivity index (χ0) is 13.9. The van der Waals surface area contributed by atoms with Crippen LogP contribution in [0.4, 0.5) is 5.69 Å². The Bertz CT molecular complexity index is 456. The fourth-order valence-corrected chi connectivity index (χ4v) is 3.01. The zero-order valence-electron chi connectivity index (χ0n) is 12.7. The van der Waals surface area contributed by atoms with Gasteiger partial charge in [0.15, 0.2) is 0 Å². The summed E-state index contributed by atoms with van der Waals surface area (Å²) in [4.78, 5) is 2.52. The number of nitrogens with zero attached hydrogens (tertiary/aromatic N) is 1. The molecule has 0 radical (unpaired) electrons. The van der Waals surface area contributed by atoms with Crippen LogP contribution in [-0.4, -0.2) is 31.8 Å². The number of hydrogen-bond acceptors (Lipinski definition) is 3. The summed E-state index contributed by atoms with van der Waals surface area (Å²) in [6.45, 7) is 8.21. The summed E-state index contributed by atoms with van der Waals surface area (Å²) in [5.41, 5.74) is 4.18. The summed E-state index contributed by atoms with van der Waals surface area (Å²) < 4.78 is 5.61. The van der Waals surface area contributed by atoms with E-state index < -0.39 is 0 Å². The minimum atomic E-state index is 0.526. The molecular formula is C17H26N2O. The lowest BCUT2D eigenvalue weighted by atomic mass is 10.1. The van der Waals surface area contributed by atoms with Crippen LogP contribution in [0.3, 0.4) is 0 Å². The zero-order valence-corrected chi connectivity index (χ0v) is 12.7. The second kappa shape index (κ2) is 6.15. The number of aryl methyl sites for hydroxylation is 1. The first-order valence-electron chi connectivity index (χ1n) is 7.95. The first kappa shape index (κ1) is 13.9. The highest BCUT2D eigenvalue weighted by Gasteiger charge is 2.23. The molecule has 1 unspecified atom stereocenters. The number of anilines is 1. The minimum Gasteiger partial charge on any atom is -0.377 e. The predicted molar refractivity (Wildman–Crippen MR) is 83.3 cm³/mol. The van der Waals surface area contributed by atoms with Crippen LogP contribution in [0.2, 0.25) is 0 Å². The van der Waals surface area contributed by atoms with Crippen LogP contribution in [0.5, 0.6) is 0 Å². The van der Waals surface area contributed by atoms with E-state index in [9.17, 15) is 0 Å². The van der Waals surface area contributed by atoms with E-state index in [-0.39, 0.29) is 0 Å². The summed E-state index contributed by atoms with van der Waals surface area (Å²) >= 11 is 0. The first-order chi connectivity index (χ1) is 9.78. The first-order valence-corrected chi connectivity index (χ1v) is 7.95. The molecule has 1 atom stereocenters. The average molecular weight is 274 g/mol. The van der Waals surface area contributed by atoms with Gasteiger partial charge in [0.1, 0.15) is 0 Å². The molecule has 1 saturated carbocycles. The summed E-state index contributed by atoms with van der Waals surface area (Å²) in [5.74, 6) is 0. The Balaban J connectivity index is 1.71. The summed E-state index contributed by atoms with van der Waals surface area (Å²) in [6.07, 6.45) is 3.84. The monoisotopic (exact) mass is 274 g/mol. The lowest BCUT2D eigenvalue weighted by molar-refractivity contribution is 0.0929. The lowest BCUT2D eigenvalue weighted by Crippen LogP contribution is -2.45. The van der Waals surface area contributed by atoms with Crippen LogP contribution in [0.1, 0.15) is 37.3 Å². The largest absolute Gasteiger partial charge is 0.377 e. The molecule has 2 fully saturated rings. The molecule has 2 aliphatic rings. The van der Waals surface area contributed by atoms with Gasteiger partial charge in [-0.1, -0.05) is 19.1 Å². The van der Waals surface area contributed by atoms with E-state index in [1.54, 1.807) is 0 Å². The Hall–Kier alpha value is -1.06. The highest BCUT2D eigenvalue weighted by atomic mass is 16.5. The molecule has 0 bridgehead atoms. The lowest BCUT2D eigenvalue weighted by Gasteiger charge is -2.38. The maximum absolute atomic E-state index is 5.61. The van der Waals surface area contributed by atoms with Gasteiger partial charge in [-0.25, -0.2) is 0 Å². The molecule has 3 nitrogen and oxygen atoms in total. The van der Waals surface area contributed by atoms with Crippen LogP contribution in [0.25, 0.3) is 0 Å². The smallest absolute Gasteiger partial charge is 0.0670 e. The van der Waals surface area contributed by atoms with Gasteiger partial charge in [-0.2, -0.15) is 0 Å². The summed E-state index contributed by atoms with van der Waals surface area (Å²) in [7, 11) is 0. The fourth-order valence-electron chi connectivity index (χ4n) is 3.01. The molecule has 0 spiro atoms. The summed E-state index contributed by atoms with van der Waals surface area (Å²) in [5, 5.41) is 3.59. The van der Waals surface area contributed by atoms with Gasteiger partial charge in [-0.05, 0) is 43.4 Å². The predicted octanol–water partition coefficient (Wildman–Crippen LogP) is 2.86. The van der Waals surface area contributed by atoms with Gasteiger partial charge in [-0.15, -0.1) is 0 Å². The Morgan fingerprint density at radius 3 is 2.90 bits per heavy atom. The third kappa shape index (κ3) is 3.15. The summed E-state index contributed by atoms with van der Waals surface area (Å²) in [6, 6.07) is 8.22. The van der Waals surface area contributed by atoms with Crippen molar-refractivity contribution in [2.24, 2.45) is 0 Å². The normalized spacial score (nSPS) is 23.1. The van der Waals surface area contributed by atoms with E-state index in [1.165, 1.54) is 29.7 Å². The van der Waals surface area contributed by atoms with Gasteiger partial charge in [0, 0.05) is 24.8 Å². The van der Waals surface area contributed by atoms with E-state index in [1.807, 2.05) is 0 Å². The molecule has 3 heteroatoms. The van der Waals surface area contributed by atoms with Crippen molar-refractivity contribution in [2.45, 2.75) is 51.7 Å². The SMILES string of the molecule is CCC1COCCN1c1ccc(CNC2CC2)cc1C. The van der Waals surface area contributed by atoms with E-state index in [0.29, 0.717) is 6.04 Å². The molecule has 110 valence electrons. The molecule has 0 aromatic heterocycles. The van der Waals surface area contributed by atoms with Crippen molar-refractivity contribution in [3.05, 3.63) is 29.3 Å². The quantitative estimate of drug-likeness (QED) is 0.893. The number of rotatable bonds is 5. The van der Waals surface area contributed by atoms with Crippen molar-refractivity contribution in [1.82, 2.24) is 5.32 Å². The van der Waals surface area contributed by atoms with Gasteiger partial charge in [0.25, 0.3) is 0 Å². The van der Waals surface area contributed by atoms with Crippen molar-refractivity contribution in [3.63, 3.8) is 0 Å². The molecule has 1 aliphatic carbocycles. The maximum Gasteiger partial charge on any atom is 0.0670 e. The molecule has 20 heavy (non-hydrogen) atoms. The highest BCUT2D eigenvalue weighted by molar-refractivity contribution is 5.55. The number of benzene rings is 1. The van der Waals surface area contributed by atoms with E-state index in [4.69, 9.17) is 4.74 Å². The Kier molecular flexibility index (Phi) is 4.27. The van der Waals surface area contributed by atoms with Gasteiger partial charge in [0.2, 0.25) is 0 Å². The van der Waals surface area contributed by atoms with Gasteiger partial charge in [0.05, 0.1) is 19.3 Å². The number of nitrogens with one attached hydrogen (secondary N) is 1. The van der Waals surface area contributed by atoms with Crippen LogP contribution in [0.15, 0.2) is 18.2 Å².